The Morgan fingerprint density at radius 1 is 1.30 bits per heavy atom. The highest BCUT2D eigenvalue weighted by molar-refractivity contribution is 5.96. The Hall–Kier alpha value is -3.05. The van der Waals surface area contributed by atoms with Crippen LogP contribution in [-0.2, 0) is 9.59 Å². The molecule has 0 unspecified atom stereocenters. The molecule has 23 heavy (non-hydrogen) atoms. The zero-order valence-electron chi connectivity index (χ0n) is 11.9. The van der Waals surface area contributed by atoms with Crippen LogP contribution >= 0.6 is 0 Å². The number of nitrogens with zero attached hydrogens (tertiary/aromatic N) is 1. The van der Waals surface area contributed by atoms with Crippen molar-refractivity contribution in [3.8, 4) is 0 Å². The van der Waals surface area contributed by atoms with Crippen LogP contribution in [0.15, 0.2) is 18.2 Å². The average Bonchev–Trinajstić information content (AvgIpc) is 2.44. The number of amides is 1. The lowest BCUT2D eigenvalue weighted by Crippen LogP contribution is -2.31. The number of hydrogen-bond acceptors (Lipinski definition) is 7. The zero-order chi connectivity index (χ0) is 16.9. The number of aromatic carboxylic acids is 1. The number of carboxylic acids is 2. The van der Waals surface area contributed by atoms with Crippen LogP contribution in [0.3, 0.4) is 0 Å². The highest BCUT2D eigenvalue weighted by Crippen LogP contribution is 2.22. The zero-order valence-corrected chi connectivity index (χ0v) is 11.9. The fourth-order valence-electron chi connectivity index (χ4n) is 1.58. The van der Waals surface area contributed by atoms with Gasteiger partial charge in [-0.2, -0.15) is 0 Å². The molecule has 0 aliphatic carbocycles. The van der Waals surface area contributed by atoms with E-state index in [0.717, 1.165) is 12.1 Å². The molecule has 0 saturated carbocycles. The Labute approximate surface area is 129 Å². The minimum absolute atomic E-state index is 0. The van der Waals surface area contributed by atoms with E-state index in [4.69, 9.17) is 15.9 Å². The minimum atomic E-state index is -1.50. The first-order chi connectivity index (χ1) is 10.2. The van der Waals surface area contributed by atoms with Gasteiger partial charge in [-0.3, -0.25) is 19.7 Å². The van der Waals surface area contributed by atoms with Gasteiger partial charge in [-0.1, -0.05) is 0 Å². The number of carbonyl (C=O) groups is 3. The Kier molecular flexibility index (Phi) is 7.29. The SMILES string of the molecule is N.N[C@H](CCC(=O)Nc1ccc([N+](=O)[O-])c(C(=O)O)c1)C(=O)O. The lowest BCUT2D eigenvalue weighted by Gasteiger charge is -2.08. The van der Waals surface area contributed by atoms with Gasteiger partial charge >= 0.3 is 11.9 Å². The summed E-state index contributed by atoms with van der Waals surface area (Å²) in [5.74, 6) is -3.33. The van der Waals surface area contributed by atoms with E-state index >= 15 is 0 Å². The molecule has 11 nitrogen and oxygen atoms in total. The van der Waals surface area contributed by atoms with Gasteiger partial charge in [-0.25, -0.2) is 4.79 Å². The van der Waals surface area contributed by atoms with Crippen molar-refractivity contribution >= 4 is 29.2 Å². The molecular formula is C12H16N4O7. The van der Waals surface area contributed by atoms with Crippen molar-refractivity contribution in [3.63, 3.8) is 0 Å². The van der Waals surface area contributed by atoms with Gasteiger partial charge in [0.2, 0.25) is 5.91 Å². The summed E-state index contributed by atoms with van der Waals surface area (Å²) >= 11 is 0. The Balaban J connectivity index is 0.00000484. The van der Waals surface area contributed by atoms with E-state index in [0.29, 0.717) is 0 Å². The van der Waals surface area contributed by atoms with Crippen molar-refractivity contribution in [3.05, 3.63) is 33.9 Å². The highest BCUT2D eigenvalue weighted by atomic mass is 16.6. The quantitative estimate of drug-likeness (QED) is 0.349. The fourth-order valence-corrected chi connectivity index (χ4v) is 1.58. The van der Waals surface area contributed by atoms with Crippen molar-refractivity contribution in [2.75, 3.05) is 5.32 Å². The summed E-state index contributed by atoms with van der Waals surface area (Å²) in [6.45, 7) is 0. The van der Waals surface area contributed by atoms with Crippen molar-refractivity contribution in [2.24, 2.45) is 5.73 Å². The standard InChI is InChI=1S/C12H13N3O7.H3N/c13-8(12(19)20)2-4-10(16)14-6-1-3-9(15(21)22)7(5-6)11(17)18;/h1,3,5,8H,2,4,13H2,(H,14,16)(H,17,18)(H,19,20);1H3/t8-;/m1./s1. The van der Waals surface area contributed by atoms with Gasteiger partial charge in [-0.15, -0.1) is 0 Å². The molecule has 0 saturated heterocycles. The van der Waals surface area contributed by atoms with Gasteiger partial charge in [0.25, 0.3) is 5.69 Å². The van der Waals surface area contributed by atoms with E-state index < -0.39 is 40.1 Å². The molecule has 1 aromatic rings. The normalized spacial score (nSPS) is 11.0. The molecule has 0 aliphatic rings. The van der Waals surface area contributed by atoms with Crippen LogP contribution in [0.2, 0.25) is 0 Å². The first-order valence-electron chi connectivity index (χ1n) is 6.02. The summed E-state index contributed by atoms with van der Waals surface area (Å²) in [6, 6.07) is 1.91. The molecule has 1 rings (SSSR count). The Morgan fingerprint density at radius 2 is 1.91 bits per heavy atom. The second kappa shape index (κ2) is 8.41. The molecule has 126 valence electrons. The van der Waals surface area contributed by atoms with Crippen LogP contribution in [0.4, 0.5) is 11.4 Å². The number of benzene rings is 1. The van der Waals surface area contributed by atoms with Crippen LogP contribution in [-0.4, -0.2) is 39.0 Å². The largest absolute Gasteiger partial charge is 0.480 e. The fraction of sp³-hybridized carbons (Fsp3) is 0.250. The third-order valence-corrected chi connectivity index (χ3v) is 2.71. The van der Waals surface area contributed by atoms with E-state index in [1.165, 1.54) is 6.07 Å². The van der Waals surface area contributed by atoms with E-state index in [1.54, 1.807) is 0 Å². The van der Waals surface area contributed by atoms with Gasteiger partial charge < -0.3 is 27.4 Å². The topological polar surface area (TPSA) is 208 Å². The molecule has 0 bridgehead atoms. The molecule has 0 fully saturated rings. The molecular weight excluding hydrogens is 312 g/mol. The van der Waals surface area contributed by atoms with Crippen molar-refractivity contribution < 1.29 is 29.5 Å². The number of nitrogens with one attached hydrogen (secondary N) is 1. The van der Waals surface area contributed by atoms with Gasteiger partial charge in [0.05, 0.1) is 4.92 Å². The van der Waals surface area contributed by atoms with Crippen LogP contribution in [0, 0.1) is 10.1 Å². The van der Waals surface area contributed by atoms with E-state index in [-0.39, 0.29) is 24.7 Å². The number of nitro benzene ring substituents is 1. The summed E-state index contributed by atoms with van der Waals surface area (Å²) in [6.07, 6.45) is -0.285. The van der Waals surface area contributed by atoms with Crippen LogP contribution in [0.5, 0.6) is 0 Å². The second-order valence-electron chi connectivity index (χ2n) is 4.33. The molecule has 0 spiro atoms. The Morgan fingerprint density at radius 3 is 2.39 bits per heavy atom. The summed E-state index contributed by atoms with van der Waals surface area (Å²) in [5, 5.41) is 30.5. The third-order valence-electron chi connectivity index (χ3n) is 2.71. The van der Waals surface area contributed by atoms with Gasteiger partial charge in [0.1, 0.15) is 11.6 Å². The van der Waals surface area contributed by atoms with Gasteiger partial charge in [0.15, 0.2) is 0 Å². The predicted molar refractivity (Wildman–Crippen MR) is 78.6 cm³/mol. The highest BCUT2D eigenvalue weighted by Gasteiger charge is 2.20. The maximum atomic E-state index is 11.6. The molecule has 0 aliphatic heterocycles. The lowest BCUT2D eigenvalue weighted by atomic mass is 10.1. The molecule has 1 aromatic carbocycles. The van der Waals surface area contributed by atoms with E-state index in [9.17, 15) is 24.5 Å². The summed E-state index contributed by atoms with van der Waals surface area (Å²) in [4.78, 5) is 42.9. The Bertz CT molecular complexity index is 632. The van der Waals surface area contributed by atoms with Crippen LogP contribution < -0.4 is 17.2 Å². The third kappa shape index (κ3) is 5.68. The number of aliphatic carboxylic acids is 1. The first kappa shape index (κ1) is 19.9. The smallest absolute Gasteiger partial charge is 0.342 e. The van der Waals surface area contributed by atoms with Crippen molar-refractivity contribution in [1.29, 1.82) is 0 Å². The summed E-state index contributed by atoms with van der Waals surface area (Å²) < 4.78 is 0. The number of rotatable bonds is 7. The number of carbonyl (C=O) groups excluding carboxylic acids is 1. The van der Waals surface area contributed by atoms with E-state index in [1.807, 2.05) is 0 Å². The molecule has 11 heteroatoms. The first-order valence-corrected chi connectivity index (χ1v) is 6.02. The van der Waals surface area contributed by atoms with Crippen LogP contribution in [0.25, 0.3) is 0 Å². The molecule has 0 aromatic heterocycles. The maximum absolute atomic E-state index is 11.6. The number of hydrogen-bond donors (Lipinski definition) is 5. The van der Waals surface area contributed by atoms with E-state index in [2.05, 4.69) is 5.32 Å². The minimum Gasteiger partial charge on any atom is -0.480 e. The van der Waals surface area contributed by atoms with Crippen LogP contribution in [0.1, 0.15) is 23.2 Å². The predicted octanol–water partition coefficient (Wildman–Crippen LogP) is 0.586. The molecule has 0 radical (unpaired) electrons. The lowest BCUT2D eigenvalue weighted by molar-refractivity contribution is -0.385. The van der Waals surface area contributed by atoms with Crippen molar-refractivity contribution in [2.45, 2.75) is 18.9 Å². The number of nitrogens with two attached hydrogens (primary N) is 1. The van der Waals surface area contributed by atoms with Crippen molar-refractivity contribution in [1.82, 2.24) is 6.15 Å². The molecule has 1 amide bonds. The maximum Gasteiger partial charge on any atom is 0.342 e. The molecule has 0 heterocycles. The number of nitro groups is 1. The van der Waals surface area contributed by atoms with Gasteiger partial charge in [-0.05, 0) is 18.6 Å². The molecule has 8 N–H and O–H groups in total. The molecule has 1 atom stereocenters. The second-order valence-corrected chi connectivity index (χ2v) is 4.33. The average molecular weight is 328 g/mol. The van der Waals surface area contributed by atoms with Gasteiger partial charge in [0, 0.05) is 18.2 Å². The monoisotopic (exact) mass is 328 g/mol. The summed E-state index contributed by atoms with van der Waals surface area (Å²) in [7, 11) is 0. The summed E-state index contributed by atoms with van der Waals surface area (Å²) in [5.41, 5.74) is 4.13. The number of carboxylic acid groups (broad SMARTS) is 2. The number of anilines is 1.